The highest BCUT2D eigenvalue weighted by atomic mass is 35.5. The van der Waals surface area contributed by atoms with Gasteiger partial charge in [0, 0.05) is 0 Å². The molecular weight excluding hydrogens is 148 g/mol. The number of rotatable bonds is 2. The van der Waals surface area contributed by atoms with E-state index in [0.29, 0.717) is 0 Å². The molecule has 55 valence electrons. The van der Waals surface area contributed by atoms with Gasteiger partial charge in [-0.1, -0.05) is 6.08 Å². The third kappa shape index (κ3) is 2.23. The minimum Gasteiger partial charge on any atom is -1.00 e. The Bertz CT molecular complexity index is 134. The standard InChI is InChI=1S/C7H10N2.ClH/c1-3-4-9-6-5-8(2)7-9;/h3,5-6H,1,4H2,2H3;1H/q+1;/p-1. The Labute approximate surface area is 68.2 Å². The van der Waals surface area contributed by atoms with Crippen LogP contribution in [0.25, 0.3) is 0 Å². The molecule has 0 bridgehead atoms. The van der Waals surface area contributed by atoms with Gasteiger partial charge in [0.2, 0.25) is 0 Å². The second-order valence-corrected chi connectivity index (χ2v) is 1.95. The van der Waals surface area contributed by atoms with Gasteiger partial charge in [-0.2, -0.15) is 0 Å². The van der Waals surface area contributed by atoms with Gasteiger partial charge >= 0.3 is 6.67 Å². The molecule has 0 aliphatic carbocycles. The summed E-state index contributed by atoms with van der Waals surface area (Å²) in [6.45, 7) is 7.49. The highest BCUT2D eigenvalue weighted by Gasteiger charge is 2.25. The third-order valence-corrected chi connectivity index (χ3v) is 1.08. The maximum atomic E-state index is 3.62. The van der Waals surface area contributed by atoms with E-state index in [-0.39, 0.29) is 12.4 Å². The minimum absolute atomic E-state index is 0. The van der Waals surface area contributed by atoms with Crippen molar-refractivity contribution in [1.82, 2.24) is 9.80 Å². The molecule has 2 nitrogen and oxygen atoms in total. The van der Waals surface area contributed by atoms with Crippen LogP contribution in [0.3, 0.4) is 0 Å². The summed E-state index contributed by atoms with van der Waals surface area (Å²) in [5.41, 5.74) is 0. The summed E-state index contributed by atoms with van der Waals surface area (Å²) in [5.74, 6) is 0. The molecule has 1 rings (SSSR count). The summed E-state index contributed by atoms with van der Waals surface area (Å²) < 4.78 is 0. The monoisotopic (exact) mass is 157 g/mol. The predicted molar refractivity (Wildman–Crippen MR) is 37.0 cm³/mol. The molecule has 3 heteroatoms. The Kier molecular flexibility index (Phi) is 3.81. The molecule has 0 aromatic carbocycles. The van der Waals surface area contributed by atoms with Crippen LogP contribution >= 0.6 is 0 Å². The van der Waals surface area contributed by atoms with Crippen LogP contribution in [0.4, 0.5) is 0 Å². The zero-order chi connectivity index (χ0) is 6.69. The van der Waals surface area contributed by atoms with Crippen LogP contribution in [-0.2, 0) is 0 Å². The fourth-order valence-corrected chi connectivity index (χ4v) is 0.691. The van der Waals surface area contributed by atoms with E-state index in [9.17, 15) is 0 Å². The summed E-state index contributed by atoms with van der Waals surface area (Å²) >= 11 is 0. The summed E-state index contributed by atoms with van der Waals surface area (Å²) in [7, 11) is 1.94. The lowest BCUT2D eigenvalue weighted by Crippen LogP contribution is -3.00. The van der Waals surface area contributed by atoms with E-state index in [1.54, 1.807) is 0 Å². The molecule has 0 unspecified atom stereocenters. The lowest BCUT2D eigenvalue weighted by Gasteiger charge is -1.94. The number of halogens is 1. The van der Waals surface area contributed by atoms with Crippen molar-refractivity contribution >= 4 is 0 Å². The van der Waals surface area contributed by atoms with Crippen molar-refractivity contribution in [2.24, 2.45) is 0 Å². The maximum Gasteiger partial charge on any atom is 0.564 e. The average molecular weight is 158 g/mol. The topological polar surface area (TPSA) is 6.48 Å². The van der Waals surface area contributed by atoms with Gasteiger partial charge in [0.1, 0.15) is 0 Å². The van der Waals surface area contributed by atoms with E-state index in [2.05, 4.69) is 13.2 Å². The molecule has 0 spiro atoms. The van der Waals surface area contributed by atoms with E-state index in [1.807, 2.05) is 35.3 Å². The zero-order valence-corrected chi connectivity index (χ0v) is 6.67. The van der Waals surface area contributed by atoms with Crippen molar-refractivity contribution in [3.8, 4) is 0 Å². The minimum atomic E-state index is 0. The van der Waals surface area contributed by atoms with Crippen LogP contribution in [0.2, 0.25) is 0 Å². The van der Waals surface area contributed by atoms with E-state index in [0.717, 1.165) is 6.54 Å². The predicted octanol–water partition coefficient (Wildman–Crippen LogP) is -2.11. The highest BCUT2D eigenvalue weighted by Crippen LogP contribution is 2.06. The van der Waals surface area contributed by atoms with E-state index in [1.165, 1.54) is 0 Å². The van der Waals surface area contributed by atoms with E-state index < -0.39 is 0 Å². The summed E-state index contributed by atoms with van der Waals surface area (Å²) in [5, 5.41) is 0. The Morgan fingerprint density at radius 3 is 2.70 bits per heavy atom. The fourth-order valence-electron chi connectivity index (χ4n) is 0.691. The third-order valence-electron chi connectivity index (χ3n) is 1.08. The van der Waals surface area contributed by atoms with Gasteiger partial charge in [-0.15, -0.1) is 16.4 Å². The Hall–Kier alpha value is -0.760. The van der Waals surface area contributed by atoms with Gasteiger partial charge in [0.05, 0.1) is 26.0 Å². The second-order valence-electron chi connectivity index (χ2n) is 1.95. The number of hydrogen-bond acceptors (Lipinski definition) is 2. The quantitative estimate of drug-likeness (QED) is 0.335. The molecule has 1 aliphatic rings. The molecule has 0 amide bonds. The van der Waals surface area contributed by atoms with Crippen LogP contribution in [-0.4, -0.2) is 23.4 Å². The first-order valence-corrected chi connectivity index (χ1v) is 2.88. The van der Waals surface area contributed by atoms with Crippen LogP contribution < -0.4 is 12.4 Å². The van der Waals surface area contributed by atoms with E-state index in [4.69, 9.17) is 0 Å². The molecule has 0 aromatic heterocycles. The van der Waals surface area contributed by atoms with Crippen LogP contribution in [0.1, 0.15) is 0 Å². The van der Waals surface area contributed by atoms with Crippen molar-refractivity contribution in [3.05, 3.63) is 31.7 Å². The molecule has 0 atom stereocenters. The summed E-state index contributed by atoms with van der Waals surface area (Å²) in [4.78, 5) is 3.82. The molecular formula is C7H10ClN2. The van der Waals surface area contributed by atoms with Gasteiger partial charge in [0.25, 0.3) is 0 Å². The molecule has 0 saturated carbocycles. The fraction of sp³-hybridized carbons (Fsp3) is 0.286. The molecule has 1 radical (unpaired) electrons. The largest absolute Gasteiger partial charge is 1.00 e. The SMILES string of the molecule is C=CCN1[C+]N(C)C=C1.[Cl-]. The van der Waals surface area contributed by atoms with Gasteiger partial charge in [0.15, 0.2) is 0 Å². The average Bonchev–Trinajstić information content (AvgIpc) is 2.17. The molecule has 0 saturated heterocycles. The summed E-state index contributed by atoms with van der Waals surface area (Å²) in [6.07, 6.45) is 5.75. The van der Waals surface area contributed by atoms with Gasteiger partial charge < -0.3 is 12.4 Å². The van der Waals surface area contributed by atoms with Gasteiger partial charge in [-0.3, -0.25) is 0 Å². The second kappa shape index (κ2) is 4.12. The lowest BCUT2D eigenvalue weighted by atomic mass is 10.6. The van der Waals surface area contributed by atoms with Crippen LogP contribution in [0.15, 0.2) is 25.1 Å². The molecule has 10 heavy (non-hydrogen) atoms. The lowest BCUT2D eigenvalue weighted by molar-refractivity contribution is -0.00000190. The normalized spacial score (nSPS) is 14.5. The van der Waals surface area contributed by atoms with Crippen molar-refractivity contribution in [2.75, 3.05) is 13.6 Å². The summed E-state index contributed by atoms with van der Waals surface area (Å²) in [6, 6.07) is 0. The molecule has 1 aliphatic heterocycles. The van der Waals surface area contributed by atoms with Crippen molar-refractivity contribution < 1.29 is 12.4 Å². The first-order valence-electron chi connectivity index (χ1n) is 2.88. The molecule has 0 N–H and O–H groups in total. The zero-order valence-electron chi connectivity index (χ0n) is 5.92. The van der Waals surface area contributed by atoms with Crippen molar-refractivity contribution in [2.45, 2.75) is 0 Å². The smallest absolute Gasteiger partial charge is 0.564 e. The number of nitrogens with zero attached hydrogens (tertiary/aromatic N) is 2. The Balaban J connectivity index is 0.000000810. The Morgan fingerprint density at radius 2 is 2.30 bits per heavy atom. The first-order chi connectivity index (χ1) is 4.33. The van der Waals surface area contributed by atoms with Gasteiger partial charge in [-0.25, -0.2) is 0 Å². The molecule has 1 heterocycles. The Morgan fingerprint density at radius 1 is 1.60 bits per heavy atom. The molecule has 0 fully saturated rings. The first kappa shape index (κ1) is 9.24. The number of hydrogen-bond donors (Lipinski definition) is 0. The molecule has 0 aromatic rings. The van der Waals surface area contributed by atoms with Crippen LogP contribution in [0, 0.1) is 6.67 Å². The van der Waals surface area contributed by atoms with E-state index >= 15 is 0 Å². The van der Waals surface area contributed by atoms with Crippen molar-refractivity contribution in [1.29, 1.82) is 0 Å². The maximum absolute atomic E-state index is 3.62. The van der Waals surface area contributed by atoms with Gasteiger partial charge in [-0.05, 0) is 0 Å². The highest BCUT2D eigenvalue weighted by molar-refractivity contribution is 4.97. The van der Waals surface area contributed by atoms with Crippen molar-refractivity contribution in [3.63, 3.8) is 0 Å². The van der Waals surface area contributed by atoms with Crippen LogP contribution in [0.5, 0.6) is 0 Å².